The van der Waals surface area contributed by atoms with E-state index in [4.69, 9.17) is 13.9 Å². The zero-order valence-electron chi connectivity index (χ0n) is 20.6. The lowest BCUT2D eigenvalue weighted by Crippen LogP contribution is -2.52. The molecule has 34 heavy (non-hydrogen) atoms. The second kappa shape index (κ2) is 10.4. The molecule has 0 amide bonds. The van der Waals surface area contributed by atoms with Gasteiger partial charge in [-0.2, -0.15) is 0 Å². The fourth-order valence-electron chi connectivity index (χ4n) is 3.94. The number of nitrogens with zero attached hydrogens (tertiary/aromatic N) is 4. The topological polar surface area (TPSA) is 60.0 Å². The summed E-state index contributed by atoms with van der Waals surface area (Å²) in [5.74, 6) is 0.706. The second-order valence-corrected chi connectivity index (χ2v) is 13.8. The molecule has 2 fully saturated rings. The highest BCUT2D eigenvalue weighted by atomic mass is 28.4. The van der Waals surface area contributed by atoms with E-state index in [1.807, 2.05) is 25.4 Å². The number of aromatic nitrogens is 2. The number of hydrogen-bond acceptors (Lipinski definition) is 7. The van der Waals surface area contributed by atoms with Gasteiger partial charge in [-0.1, -0.05) is 17.3 Å². The van der Waals surface area contributed by atoms with Crippen LogP contribution in [0, 0.1) is 5.82 Å². The van der Waals surface area contributed by atoms with Crippen LogP contribution in [0.5, 0.6) is 5.75 Å². The third-order valence-corrected chi connectivity index (χ3v) is 9.77. The molecule has 0 bridgehead atoms. The quantitative estimate of drug-likeness (QED) is 0.489. The Balaban J connectivity index is 1.29. The summed E-state index contributed by atoms with van der Waals surface area (Å²) in [7, 11) is -0.298. The van der Waals surface area contributed by atoms with Gasteiger partial charge in [-0.3, -0.25) is 0 Å². The number of piperidine rings is 1. The van der Waals surface area contributed by atoms with Gasteiger partial charge in [0, 0.05) is 51.7 Å². The summed E-state index contributed by atoms with van der Waals surface area (Å²) in [5.41, 5.74) is 1.52. The molecule has 4 rings (SSSR count). The molecule has 1 aromatic carbocycles. The molecule has 1 aromatic heterocycles. The molecule has 9 heteroatoms. The Labute approximate surface area is 202 Å². The normalized spacial score (nSPS) is 17.6. The second-order valence-electron chi connectivity index (χ2n) is 9.62. The Hall–Kier alpha value is -2.49. The van der Waals surface area contributed by atoms with Crippen molar-refractivity contribution in [3.05, 3.63) is 53.7 Å². The van der Waals surface area contributed by atoms with E-state index in [1.54, 1.807) is 19.2 Å². The van der Waals surface area contributed by atoms with Crippen LogP contribution in [0.3, 0.4) is 0 Å². The van der Waals surface area contributed by atoms with Gasteiger partial charge in [-0.15, -0.1) is 6.58 Å². The SMILES string of the molecule is C=C(C)[Si](C)(C)OCc1cccc(OC2CCN(c3cnc(N4CC(OC)C4)nc3)CC2)c1F. The fourth-order valence-corrected chi connectivity index (χ4v) is 4.71. The van der Waals surface area contributed by atoms with Gasteiger partial charge in [0.2, 0.25) is 14.3 Å². The minimum Gasteiger partial charge on any atom is -0.487 e. The summed E-state index contributed by atoms with van der Waals surface area (Å²) in [6.45, 7) is 13.6. The van der Waals surface area contributed by atoms with Crippen molar-refractivity contribution in [2.75, 3.05) is 43.1 Å². The number of anilines is 2. The number of halogens is 1. The predicted octanol–water partition coefficient (Wildman–Crippen LogP) is 4.34. The maximum Gasteiger partial charge on any atom is 0.225 e. The molecule has 184 valence electrons. The van der Waals surface area contributed by atoms with Crippen LogP contribution in [0.15, 0.2) is 42.4 Å². The largest absolute Gasteiger partial charge is 0.487 e. The first-order chi connectivity index (χ1) is 16.3. The van der Waals surface area contributed by atoms with Gasteiger partial charge in [0.15, 0.2) is 11.6 Å². The first kappa shape index (κ1) is 24.6. The maximum absolute atomic E-state index is 15.1. The minimum atomic E-state index is -2.03. The average molecular weight is 487 g/mol. The molecule has 2 aliphatic rings. The van der Waals surface area contributed by atoms with Gasteiger partial charge < -0.3 is 23.7 Å². The van der Waals surface area contributed by atoms with Crippen LogP contribution in [-0.4, -0.2) is 63.8 Å². The monoisotopic (exact) mass is 486 g/mol. The predicted molar refractivity (Wildman–Crippen MR) is 134 cm³/mol. The lowest BCUT2D eigenvalue weighted by molar-refractivity contribution is 0.0778. The third-order valence-electron chi connectivity index (χ3n) is 6.85. The zero-order chi connectivity index (χ0) is 24.3. The smallest absolute Gasteiger partial charge is 0.225 e. The molecule has 3 heterocycles. The van der Waals surface area contributed by atoms with Gasteiger partial charge in [-0.05, 0) is 26.1 Å². The van der Waals surface area contributed by atoms with Gasteiger partial charge in [-0.25, -0.2) is 14.4 Å². The van der Waals surface area contributed by atoms with Crippen LogP contribution in [0.4, 0.5) is 16.0 Å². The highest BCUT2D eigenvalue weighted by molar-refractivity contribution is 6.78. The molecule has 2 aromatic rings. The fraction of sp³-hybridized carbons (Fsp3) is 0.520. The third kappa shape index (κ3) is 5.59. The molecule has 7 nitrogen and oxygen atoms in total. The number of ether oxygens (including phenoxy) is 2. The molecule has 0 aliphatic carbocycles. The van der Waals surface area contributed by atoms with E-state index in [-0.39, 0.29) is 24.6 Å². The summed E-state index contributed by atoms with van der Waals surface area (Å²) >= 11 is 0. The highest BCUT2D eigenvalue weighted by Crippen LogP contribution is 2.28. The first-order valence-corrected chi connectivity index (χ1v) is 14.8. The molecule has 0 atom stereocenters. The molecule has 0 N–H and O–H groups in total. The molecule has 2 aliphatic heterocycles. The molecule has 0 spiro atoms. The average Bonchev–Trinajstić information content (AvgIpc) is 2.80. The molecule has 0 radical (unpaired) electrons. The van der Waals surface area contributed by atoms with Crippen molar-refractivity contribution in [1.82, 2.24) is 9.97 Å². The van der Waals surface area contributed by atoms with E-state index < -0.39 is 8.32 Å². The summed E-state index contributed by atoms with van der Waals surface area (Å²) in [5, 5.41) is 1.03. The van der Waals surface area contributed by atoms with Crippen molar-refractivity contribution >= 4 is 20.0 Å². The lowest BCUT2D eigenvalue weighted by atomic mass is 10.1. The molecular weight excluding hydrogens is 451 g/mol. The van der Waals surface area contributed by atoms with E-state index in [0.29, 0.717) is 11.3 Å². The van der Waals surface area contributed by atoms with E-state index in [9.17, 15) is 0 Å². The van der Waals surface area contributed by atoms with Crippen molar-refractivity contribution in [3.63, 3.8) is 0 Å². The van der Waals surface area contributed by atoms with Crippen LogP contribution in [0.2, 0.25) is 13.1 Å². The van der Waals surface area contributed by atoms with E-state index in [2.05, 4.69) is 39.4 Å². The minimum absolute atomic E-state index is 0.0320. The Morgan fingerprint density at radius 2 is 1.79 bits per heavy atom. The first-order valence-electron chi connectivity index (χ1n) is 11.9. The summed E-state index contributed by atoms with van der Waals surface area (Å²) < 4.78 is 32.5. The summed E-state index contributed by atoms with van der Waals surface area (Å²) in [6.07, 6.45) is 5.60. The van der Waals surface area contributed by atoms with Crippen LogP contribution in [-0.2, 0) is 15.8 Å². The Morgan fingerprint density at radius 1 is 1.12 bits per heavy atom. The molecule has 0 unspecified atom stereocenters. The van der Waals surface area contributed by atoms with Crippen LogP contribution in [0.1, 0.15) is 25.3 Å². The number of benzene rings is 1. The Kier molecular flexibility index (Phi) is 7.54. The van der Waals surface area contributed by atoms with Crippen molar-refractivity contribution in [3.8, 4) is 5.75 Å². The van der Waals surface area contributed by atoms with Crippen molar-refractivity contribution in [2.45, 2.75) is 51.7 Å². The van der Waals surface area contributed by atoms with Gasteiger partial charge in [0.05, 0.1) is 30.8 Å². The van der Waals surface area contributed by atoms with Gasteiger partial charge in [0.1, 0.15) is 6.10 Å². The molecule has 0 saturated carbocycles. The Morgan fingerprint density at radius 3 is 2.41 bits per heavy atom. The van der Waals surface area contributed by atoms with Crippen molar-refractivity contribution < 1.29 is 18.3 Å². The Bertz CT molecular complexity index is 990. The van der Waals surface area contributed by atoms with Crippen LogP contribution >= 0.6 is 0 Å². The number of allylic oxidation sites excluding steroid dienone is 1. The molecular formula is C25H35FN4O3Si. The van der Waals surface area contributed by atoms with Crippen molar-refractivity contribution in [1.29, 1.82) is 0 Å². The number of hydrogen-bond donors (Lipinski definition) is 0. The van der Waals surface area contributed by atoms with Crippen molar-refractivity contribution in [2.24, 2.45) is 0 Å². The highest BCUT2D eigenvalue weighted by Gasteiger charge is 2.29. The van der Waals surface area contributed by atoms with Gasteiger partial charge >= 0.3 is 0 Å². The van der Waals surface area contributed by atoms with E-state index in [1.165, 1.54) is 0 Å². The standard InChI is InChI=1S/C25H35FN4O3Si/c1-18(2)34(4,5)32-17-19-7-6-8-23(24(19)26)33-21-9-11-29(12-10-21)20-13-27-25(28-14-20)30-15-22(16-30)31-3/h6-8,13-14,21-22H,1,9-12,15-17H2,2-5H3. The number of rotatable bonds is 9. The van der Waals surface area contributed by atoms with Crippen LogP contribution < -0.4 is 14.5 Å². The van der Waals surface area contributed by atoms with Crippen LogP contribution in [0.25, 0.3) is 0 Å². The van der Waals surface area contributed by atoms with E-state index >= 15 is 4.39 Å². The van der Waals surface area contributed by atoms with E-state index in [0.717, 1.165) is 55.9 Å². The summed E-state index contributed by atoms with van der Waals surface area (Å²) in [6, 6.07) is 5.28. The zero-order valence-corrected chi connectivity index (χ0v) is 21.6. The number of methoxy groups -OCH3 is 1. The lowest BCUT2D eigenvalue weighted by Gasteiger charge is -2.38. The maximum atomic E-state index is 15.1. The van der Waals surface area contributed by atoms with Gasteiger partial charge in [0.25, 0.3) is 0 Å². The molecule has 2 saturated heterocycles. The summed E-state index contributed by atoms with van der Waals surface area (Å²) in [4.78, 5) is 13.4.